The largest absolute Gasteiger partial charge is 0.362 e. The first kappa shape index (κ1) is 20.2. The normalized spacial score (nSPS) is 11.0. The third-order valence-corrected chi connectivity index (χ3v) is 5.13. The van der Waals surface area contributed by atoms with Crippen LogP contribution in [0.3, 0.4) is 0 Å². The van der Waals surface area contributed by atoms with E-state index in [-0.39, 0.29) is 11.1 Å². The Hall–Kier alpha value is -3.09. The number of nitrogens with zero attached hydrogens (tertiary/aromatic N) is 2. The predicted octanol–water partition coefficient (Wildman–Crippen LogP) is 5.85. The standard InChI is InChI=1S/C22H17Cl2FN4O/c1-29(2)21-20(27-19-7-8-26-18-6-4-13(24)10-16(18)19)11-15(22(30)28-21)14-9-12(23)3-5-17(14)25/h3-11H,1-2H3,(H,26,27)(H,28,30). The Morgan fingerprint density at radius 1 is 0.967 bits per heavy atom. The Bertz CT molecular complexity index is 1320. The molecule has 4 rings (SSSR count). The summed E-state index contributed by atoms with van der Waals surface area (Å²) in [6.07, 6.45) is 1.68. The first-order chi connectivity index (χ1) is 14.3. The lowest BCUT2D eigenvalue weighted by Crippen LogP contribution is -2.20. The van der Waals surface area contributed by atoms with Gasteiger partial charge in [0.2, 0.25) is 0 Å². The SMILES string of the molecule is CN(C)c1[nH]c(=O)c(-c2cc(Cl)ccc2F)cc1Nc1ccnc2ccc(Cl)cc12. The monoisotopic (exact) mass is 442 g/mol. The Kier molecular flexibility index (Phi) is 5.37. The molecule has 152 valence electrons. The van der Waals surface area contributed by atoms with E-state index in [4.69, 9.17) is 23.2 Å². The number of hydrogen-bond donors (Lipinski definition) is 2. The van der Waals surface area contributed by atoms with E-state index in [0.717, 1.165) is 16.6 Å². The van der Waals surface area contributed by atoms with Crippen LogP contribution in [0.5, 0.6) is 0 Å². The van der Waals surface area contributed by atoms with Crippen LogP contribution in [-0.2, 0) is 0 Å². The van der Waals surface area contributed by atoms with Crippen LogP contribution < -0.4 is 15.8 Å². The molecule has 0 unspecified atom stereocenters. The van der Waals surface area contributed by atoms with Crippen LogP contribution in [0.1, 0.15) is 0 Å². The maximum absolute atomic E-state index is 14.4. The molecular formula is C22H17Cl2FN4O. The van der Waals surface area contributed by atoms with Gasteiger partial charge in [-0.2, -0.15) is 0 Å². The van der Waals surface area contributed by atoms with Crippen molar-refractivity contribution in [2.75, 3.05) is 24.3 Å². The fraction of sp³-hybridized carbons (Fsp3) is 0.0909. The molecule has 0 radical (unpaired) electrons. The van der Waals surface area contributed by atoms with E-state index in [1.54, 1.807) is 37.3 Å². The molecule has 2 aromatic carbocycles. The van der Waals surface area contributed by atoms with Gasteiger partial charge >= 0.3 is 0 Å². The summed E-state index contributed by atoms with van der Waals surface area (Å²) in [6, 6.07) is 12.9. The number of aromatic amines is 1. The minimum absolute atomic E-state index is 0.125. The fourth-order valence-corrected chi connectivity index (χ4v) is 3.59. The summed E-state index contributed by atoms with van der Waals surface area (Å²) < 4.78 is 14.4. The van der Waals surface area contributed by atoms with Crippen molar-refractivity contribution in [1.29, 1.82) is 0 Å². The van der Waals surface area contributed by atoms with Crippen molar-refractivity contribution >= 4 is 51.3 Å². The van der Waals surface area contributed by atoms with Crippen LogP contribution >= 0.6 is 23.2 Å². The number of halogens is 3. The molecule has 0 spiro atoms. The van der Waals surface area contributed by atoms with E-state index in [1.165, 1.54) is 18.2 Å². The second-order valence-electron chi connectivity index (χ2n) is 6.94. The molecule has 2 aromatic heterocycles. The number of hydrogen-bond acceptors (Lipinski definition) is 4. The zero-order valence-corrected chi connectivity index (χ0v) is 17.6. The topological polar surface area (TPSA) is 61.0 Å². The van der Waals surface area contributed by atoms with E-state index in [1.807, 2.05) is 18.2 Å². The highest BCUT2D eigenvalue weighted by molar-refractivity contribution is 6.31. The average Bonchev–Trinajstić information content (AvgIpc) is 2.71. The average molecular weight is 443 g/mol. The number of anilines is 3. The number of fused-ring (bicyclic) bond motifs is 1. The van der Waals surface area contributed by atoms with Crippen LogP contribution in [0.4, 0.5) is 21.6 Å². The van der Waals surface area contributed by atoms with Crippen LogP contribution in [0.15, 0.2) is 59.5 Å². The van der Waals surface area contributed by atoms with Gasteiger partial charge in [-0.15, -0.1) is 0 Å². The van der Waals surface area contributed by atoms with Crippen molar-refractivity contribution in [3.63, 3.8) is 0 Å². The van der Waals surface area contributed by atoms with E-state index in [0.29, 0.717) is 21.6 Å². The van der Waals surface area contributed by atoms with Gasteiger partial charge in [0.05, 0.1) is 16.8 Å². The molecule has 0 fully saturated rings. The van der Waals surface area contributed by atoms with Crippen molar-refractivity contribution in [3.8, 4) is 11.1 Å². The molecule has 30 heavy (non-hydrogen) atoms. The molecule has 2 N–H and O–H groups in total. The number of nitrogens with one attached hydrogen (secondary N) is 2. The molecule has 0 bridgehead atoms. The lowest BCUT2D eigenvalue weighted by molar-refractivity contribution is 0.631. The van der Waals surface area contributed by atoms with E-state index in [2.05, 4.69) is 15.3 Å². The molecule has 0 amide bonds. The minimum Gasteiger partial charge on any atom is -0.362 e. The summed E-state index contributed by atoms with van der Waals surface area (Å²) in [7, 11) is 3.61. The predicted molar refractivity (Wildman–Crippen MR) is 122 cm³/mol. The summed E-state index contributed by atoms with van der Waals surface area (Å²) in [4.78, 5) is 21.7. The Labute approximate surface area is 182 Å². The smallest absolute Gasteiger partial charge is 0.257 e. The molecular weight excluding hydrogens is 426 g/mol. The third-order valence-electron chi connectivity index (χ3n) is 4.66. The van der Waals surface area contributed by atoms with Gasteiger partial charge in [-0.3, -0.25) is 9.78 Å². The summed E-state index contributed by atoms with van der Waals surface area (Å²) in [5, 5.41) is 5.06. The quantitative estimate of drug-likeness (QED) is 0.416. The Morgan fingerprint density at radius 2 is 1.70 bits per heavy atom. The van der Waals surface area contributed by atoms with Crippen molar-refractivity contribution < 1.29 is 4.39 Å². The molecule has 2 heterocycles. The molecule has 0 atom stereocenters. The zero-order valence-electron chi connectivity index (χ0n) is 16.1. The van der Waals surface area contributed by atoms with Crippen LogP contribution in [0.25, 0.3) is 22.0 Å². The van der Waals surface area contributed by atoms with Gasteiger partial charge in [0, 0.05) is 47.0 Å². The van der Waals surface area contributed by atoms with Crippen LogP contribution in [-0.4, -0.2) is 24.1 Å². The van der Waals surface area contributed by atoms with Crippen molar-refractivity contribution in [3.05, 3.63) is 80.9 Å². The number of pyridine rings is 2. The second-order valence-corrected chi connectivity index (χ2v) is 7.81. The summed E-state index contributed by atoms with van der Waals surface area (Å²) >= 11 is 12.2. The molecule has 0 aliphatic rings. The van der Waals surface area contributed by atoms with Gasteiger partial charge in [-0.05, 0) is 48.5 Å². The van der Waals surface area contributed by atoms with Gasteiger partial charge in [0.1, 0.15) is 11.6 Å². The Balaban J connectivity index is 1.90. The maximum Gasteiger partial charge on any atom is 0.257 e. The van der Waals surface area contributed by atoms with Gasteiger partial charge < -0.3 is 15.2 Å². The molecule has 0 aliphatic carbocycles. The maximum atomic E-state index is 14.4. The highest BCUT2D eigenvalue weighted by atomic mass is 35.5. The van der Waals surface area contributed by atoms with Crippen molar-refractivity contribution in [1.82, 2.24) is 9.97 Å². The van der Waals surface area contributed by atoms with Crippen LogP contribution in [0.2, 0.25) is 10.0 Å². The van der Waals surface area contributed by atoms with Gasteiger partial charge in [0.15, 0.2) is 0 Å². The molecule has 5 nitrogen and oxygen atoms in total. The highest BCUT2D eigenvalue weighted by Gasteiger charge is 2.16. The van der Waals surface area contributed by atoms with Gasteiger partial charge in [0.25, 0.3) is 5.56 Å². The fourth-order valence-electron chi connectivity index (χ4n) is 3.24. The summed E-state index contributed by atoms with van der Waals surface area (Å²) in [5.41, 5.74) is 1.96. The molecule has 4 aromatic rings. The highest BCUT2D eigenvalue weighted by Crippen LogP contribution is 2.33. The van der Waals surface area contributed by atoms with Gasteiger partial charge in [-0.1, -0.05) is 23.2 Å². The second kappa shape index (κ2) is 7.97. The zero-order chi connectivity index (χ0) is 21.4. The Morgan fingerprint density at radius 3 is 2.47 bits per heavy atom. The lowest BCUT2D eigenvalue weighted by Gasteiger charge is -2.20. The summed E-state index contributed by atoms with van der Waals surface area (Å²) in [5.74, 6) is 0.00720. The third kappa shape index (κ3) is 3.84. The molecule has 8 heteroatoms. The summed E-state index contributed by atoms with van der Waals surface area (Å²) in [6.45, 7) is 0. The first-order valence-electron chi connectivity index (χ1n) is 9.05. The van der Waals surface area contributed by atoms with Crippen molar-refractivity contribution in [2.45, 2.75) is 0 Å². The van der Waals surface area contributed by atoms with Gasteiger partial charge in [-0.25, -0.2) is 4.39 Å². The van der Waals surface area contributed by atoms with E-state index in [9.17, 15) is 9.18 Å². The lowest BCUT2D eigenvalue weighted by atomic mass is 10.1. The number of H-pyrrole nitrogens is 1. The molecule has 0 aliphatic heterocycles. The minimum atomic E-state index is -0.533. The molecule has 0 saturated carbocycles. The van der Waals surface area contributed by atoms with Crippen molar-refractivity contribution in [2.24, 2.45) is 0 Å². The van der Waals surface area contributed by atoms with E-state index >= 15 is 0 Å². The number of rotatable bonds is 4. The van der Waals surface area contributed by atoms with E-state index < -0.39 is 11.4 Å². The number of aromatic nitrogens is 2. The van der Waals surface area contributed by atoms with Crippen LogP contribution in [0, 0.1) is 5.82 Å². The molecule has 0 saturated heterocycles. The first-order valence-corrected chi connectivity index (χ1v) is 9.80. The number of benzene rings is 2.